The molecule has 0 bridgehead atoms. The molecule has 0 saturated heterocycles. The number of nitroso groups, excluding NO2 is 1. The number of aromatic nitrogens is 1. The maximum Gasteiger partial charge on any atom is 0.150 e. The number of rotatable bonds is 3. The molecule has 0 aliphatic rings. The van der Waals surface area contributed by atoms with E-state index in [1.54, 1.807) is 24.5 Å². The lowest BCUT2D eigenvalue weighted by Crippen LogP contribution is -1.84. The Labute approximate surface area is 92.9 Å². The molecule has 16 heavy (non-hydrogen) atoms. The van der Waals surface area contributed by atoms with Crippen LogP contribution in [0.5, 0.6) is 5.75 Å². The number of ether oxygens (including phenoxy) is 1. The highest BCUT2D eigenvalue weighted by atomic mass is 16.5. The standard InChI is InChI=1S/C12H10N2O2/c1-16-12-5-4-9(7-11(12)14-15)10-3-2-6-13-8-10/h2-8H,1H3. The third-order valence-corrected chi connectivity index (χ3v) is 2.27. The van der Waals surface area contributed by atoms with Gasteiger partial charge in [-0.1, -0.05) is 12.1 Å². The Bertz CT molecular complexity index is 498. The van der Waals surface area contributed by atoms with Gasteiger partial charge in [-0.3, -0.25) is 4.98 Å². The summed E-state index contributed by atoms with van der Waals surface area (Å²) >= 11 is 0. The van der Waals surface area contributed by atoms with Crippen LogP contribution in [0.4, 0.5) is 5.69 Å². The number of nitrogens with zero attached hydrogens (tertiary/aromatic N) is 2. The van der Waals surface area contributed by atoms with Gasteiger partial charge >= 0.3 is 0 Å². The second-order valence-corrected chi connectivity index (χ2v) is 3.22. The van der Waals surface area contributed by atoms with Crippen LogP contribution in [0.25, 0.3) is 11.1 Å². The van der Waals surface area contributed by atoms with Gasteiger partial charge in [0, 0.05) is 18.0 Å². The van der Waals surface area contributed by atoms with Gasteiger partial charge in [0.2, 0.25) is 0 Å². The predicted molar refractivity (Wildman–Crippen MR) is 61.7 cm³/mol. The van der Waals surface area contributed by atoms with E-state index in [1.165, 1.54) is 7.11 Å². The summed E-state index contributed by atoms with van der Waals surface area (Å²) < 4.78 is 5.02. The summed E-state index contributed by atoms with van der Waals surface area (Å²) in [6.07, 6.45) is 3.43. The lowest BCUT2D eigenvalue weighted by molar-refractivity contribution is 0.416. The van der Waals surface area contributed by atoms with Crippen molar-refractivity contribution < 1.29 is 4.74 Å². The minimum atomic E-state index is 0.295. The fourth-order valence-corrected chi connectivity index (χ4v) is 1.47. The zero-order chi connectivity index (χ0) is 11.4. The molecular formula is C12H10N2O2. The first-order valence-corrected chi connectivity index (χ1v) is 4.77. The van der Waals surface area contributed by atoms with Crippen LogP contribution in [0.2, 0.25) is 0 Å². The average molecular weight is 214 g/mol. The van der Waals surface area contributed by atoms with E-state index in [-0.39, 0.29) is 0 Å². The van der Waals surface area contributed by atoms with Crippen LogP contribution >= 0.6 is 0 Å². The first-order chi connectivity index (χ1) is 7.85. The molecule has 0 amide bonds. The number of hydrogen-bond donors (Lipinski definition) is 0. The van der Waals surface area contributed by atoms with Crippen LogP contribution in [0.15, 0.2) is 47.9 Å². The molecule has 0 aliphatic carbocycles. The Morgan fingerprint density at radius 2 is 2.12 bits per heavy atom. The molecule has 0 fully saturated rings. The van der Waals surface area contributed by atoms with Crippen LogP contribution in [-0.2, 0) is 0 Å². The third kappa shape index (κ3) is 1.91. The summed E-state index contributed by atoms with van der Waals surface area (Å²) in [5, 5.41) is 2.93. The van der Waals surface area contributed by atoms with Crippen molar-refractivity contribution in [2.24, 2.45) is 5.18 Å². The van der Waals surface area contributed by atoms with Crippen LogP contribution in [-0.4, -0.2) is 12.1 Å². The fraction of sp³-hybridized carbons (Fsp3) is 0.0833. The molecule has 4 nitrogen and oxygen atoms in total. The van der Waals surface area contributed by atoms with Crippen molar-refractivity contribution >= 4 is 5.69 Å². The van der Waals surface area contributed by atoms with Crippen molar-refractivity contribution in [3.05, 3.63) is 47.6 Å². The molecule has 0 radical (unpaired) electrons. The van der Waals surface area contributed by atoms with E-state index in [4.69, 9.17) is 4.74 Å². The molecule has 2 aromatic rings. The smallest absolute Gasteiger partial charge is 0.150 e. The Morgan fingerprint density at radius 1 is 1.25 bits per heavy atom. The quantitative estimate of drug-likeness (QED) is 0.737. The largest absolute Gasteiger partial charge is 0.494 e. The SMILES string of the molecule is COc1ccc(-c2cccnc2)cc1N=O. The van der Waals surface area contributed by atoms with E-state index in [0.29, 0.717) is 11.4 Å². The predicted octanol–water partition coefficient (Wildman–Crippen LogP) is 3.16. The van der Waals surface area contributed by atoms with Crippen LogP contribution in [0.3, 0.4) is 0 Å². The van der Waals surface area contributed by atoms with Gasteiger partial charge in [0.05, 0.1) is 7.11 Å². The summed E-state index contributed by atoms with van der Waals surface area (Å²) in [4.78, 5) is 14.6. The number of benzene rings is 1. The van der Waals surface area contributed by atoms with Gasteiger partial charge < -0.3 is 4.74 Å². The Hall–Kier alpha value is -2.23. The molecule has 0 spiro atoms. The Morgan fingerprint density at radius 3 is 2.75 bits per heavy atom. The summed E-state index contributed by atoms with van der Waals surface area (Å²) in [7, 11) is 1.51. The van der Waals surface area contributed by atoms with Crippen LogP contribution in [0, 0.1) is 4.91 Å². The summed E-state index contributed by atoms with van der Waals surface area (Å²) in [6.45, 7) is 0. The first kappa shape index (κ1) is 10.3. The van der Waals surface area contributed by atoms with Gasteiger partial charge in [0.25, 0.3) is 0 Å². The molecular weight excluding hydrogens is 204 g/mol. The van der Waals surface area contributed by atoms with Crippen molar-refractivity contribution in [3.63, 3.8) is 0 Å². The second-order valence-electron chi connectivity index (χ2n) is 3.22. The van der Waals surface area contributed by atoms with Crippen LogP contribution < -0.4 is 4.74 Å². The third-order valence-electron chi connectivity index (χ3n) is 2.27. The molecule has 0 aliphatic heterocycles. The molecule has 0 atom stereocenters. The highest BCUT2D eigenvalue weighted by Crippen LogP contribution is 2.32. The highest BCUT2D eigenvalue weighted by Gasteiger charge is 2.05. The zero-order valence-corrected chi connectivity index (χ0v) is 8.75. The minimum Gasteiger partial charge on any atom is -0.494 e. The van der Waals surface area contributed by atoms with Crippen molar-refractivity contribution in [2.75, 3.05) is 7.11 Å². The second kappa shape index (κ2) is 4.53. The molecule has 0 N–H and O–H groups in total. The number of hydrogen-bond acceptors (Lipinski definition) is 4. The van der Waals surface area contributed by atoms with E-state index in [0.717, 1.165) is 11.1 Å². The molecule has 80 valence electrons. The number of pyridine rings is 1. The molecule has 2 rings (SSSR count). The highest BCUT2D eigenvalue weighted by molar-refractivity contribution is 5.69. The van der Waals surface area contributed by atoms with E-state index in [9.17, 15) is 4.91 Å². The van der Waals surface area contributed by atoms with E-state index >= 15 is 0 Å². The van der Waals surface area contributed by atoms with Gasteiger partial charge in [-0.2, -0.15) is 0 Å². The lowest BCUT2D eigenvalue weighted by atomic mass is 10.1. The van der Waals surface area contributed by atoms with Gasteiger partial charge in [-0.15, -0.1) is 4.91 Å². The van der Waals surface area contributed by atoms with Crippen molar-refractivity contribution in [1.29, 1.82) is 0 Å². The zero-order valence-electron chi connectivity index (χ0n) is 8.75. The van der Waals surface area contributed by atoms with E-state index in [1.807, 2.05) is 18.2 Å². The molecule has 4 heteroatoms. The number of methoxy groups -OCH3 is 1. The van der Waals surface area contributed by atoms with Gasteiger partial charge in [0.15, 0.2) is 0 Å². The average Bonchev–Trinajstić information content (AvgIpc) is 2.39. The van der Waals surface area contributed by atoms with E-state index < -0.39 is 0 Å². The maximum absolute atomic E-state index is 10.6. The molecule has 1 aromatic carbocycles. The van der Waals surface area contributed by atoms with Gasteiger partial charge in [0.1, 0.15) is 11.4 Å². The molecule has 0 saturated carbocycles. The summed E-state index contributed by atoms with van der Waals surface area (Å²) in [5.41, 5.74) is 2.13. The molecule has 1 heterocycles. The van der Waals surface area contributed by atoms with Gasteiger partial charge in [-0.05, 0) is 28.9 Å². The maximum atomic E-state index is 10.6. The van der Waals surface area contributed by atoms with Crippen molar-refractivity contribution in [1.82, 2.24) is 4.98 Å². The van der Waals surface area contributed by atoms with Gasteiger partial charge in [-0.25, -0.2) is 0 Å². The van der Waals surface area contributed by atoms with Crippen LogP contribution in [0.1, 0.15) is 0 Å². The lowest BCUT2D eigenvalue weighted by Gasteiger charge is -2.05. The monoisotopic (exact) mass is 214 g/mol. The van der Waals surface area contributed by atoms with E-state index in [2.05, 4.69) is 10.2 Å². The Kier molecular flexibility index (Phi) is 2.91. The minimum absolute atomic E-state index is 0.295. The van der Waals surface area contributed by atoms with Crippen molar-refractivity contribution in [2.45, 2.75) is 0 Å². The fourth-order valence-electron chi connectivity index (χ4n) is 1.47. The first-order valence-electron chi connectivity index (χ1n) is 4.77. The Balaban J connectivity index is 2.48. The normalized spacial score (nSPS) is 9.81. The topological polar surface area (TPSA) is 51.6 Å². The summed E-state index contributed by atoms with van der Waals surface area (Å²) in [5.74, 6) is 0.475. The molecule has 1 aromatic heterocycles. The molecule has 0 unspecified atom stereocenters. The summed E-state index contributed by atoms with van der Waals surface area (Å²) in [6, 6.07) is 9.03. The van der Waals surface area contributed by atoms with Crippen molar-refractivity contribution in [3.8, 4) is 16.9 Å².